The van der Waals surface area contributed by atoms with Crippen molar-refractivity contribution in [1.82, 2.24) is 5.32 Å². The van der Waals surface area contributed by atoms with Crippen LogP contribution in [0.4, 0.5) is 5.69 Å². The summed E-state index contributed by atoms with van der Waals surface area (Å²) in [6.45, 7) is 0. The summed E-state index contributed by atoms with van der Waals surface area (Å²) in [5.74, 6) is -0.00150. The molecule has 90 valence electrons. The lowest BCUT2D eigenvalue weighted by molar-refractivity contribution is 0.0956. The van der Waals surface area contributed by atoms with Crippen LogP contribution in [0, 0.1) is 0 Å². The average molecular weight is 238 g/mol. The topological polar surface area (TPSA) is 32.3 Å². The second-order valence-corrected chi connectivity index (χ2v) is 4.41. The smallest absolute Gasteiger partial charge is 0.253 e. The lowest BCUT2D eigenvalue weighted by Gasteiger charge is -2.27. The first-order chi connectivity index (χ1) is 8.77. The van der Waals surface area contributed by atoms with E-state index in [0.717, 1.165) is 16.8 Å². The van der Waals surface area contributed by atoms with E-state index in [0.29, 0.717) is 0 Å². The van der Waals surface area contributed by atoms with E-state index in [9.17, 15) is 4.79 Å². The molecule has 1 heterocycles. The predicted molar refractivity (Wildman–Crippen MR) is 71.5 cm³/mol. The van der Waals surface area contributed by atoms with Gasteiger partial charge in [0.05, 0.1) is 0 Å². The molecular formula is C15H14N2O. The van der Waals surface area contributed by atoms with Crippen LogP contribution in [-0.2, 0) is 0 Å². The van der Waals surface area contributed by atoms with Crippen LogP contribution >= 0.6 is 0 Å². The molecule has 0 saturated heterocycles. The van der Waals surface area contributed by atoms with Crippen LogP contribution in [0.2, 0.25) is 0 Å². The standard InChI is InChI=1S/C15H14N2O/c1-17(11-7-3-2-4-8-11)14-12-9-5-6-10-13(12)15(18)16-14/h2-10,14H,1H3,(H,16,18). The second-order valence-electron chi connectivity index (χ2n) is 4.41. The molecule has 1 atom stereocenters. The van der Waals surface area contributed by atoms with E-state index in [4.69, 9.17) is 0 Å². The van der Waals surface area contributed by atoms with Gasteiger partial charge in [-0.15, -0.1) is 0 Å². The summed E-state index contributed by atoms with van der Waals surface area (Å²) in [5.41, 5.74) is 2.89. The zero-order valence-corrected chi connectivity index (χ0v) is 10.1. The Morgan fingerprint density at radius 3 is 2.44 bits per heavy atom. The molecular weight excluding hydrogens is 224 g/mol. The number of para-hydroxylation sites is 1. The van der Waals surface area contributed by atoms with E-state index < -0.39 is 0 Å². The van der Waals surface area contributed by atoms with Crippen LogP contribution in [-0.4, -0.2) is 13.0 Å². The minimum atomic E-state index is -0.0869. The third-order valence-electron chi connectivity index (χ3n) is 3.32. The van der Waals surface area contributed by atoms with Gasteiger partial charge >= 0.3 is 0 Å². The molecule has 1 amide bonds. The molecule has 2 aromatic rings. The first-order valence-corrected chi connectivity index (χ1v) is 5.95. The monoisotopic (exact) mass is 238 g/mol. The lowest BCUT2D eigenvalue weighted by atomic mass is 10.1. The Morgan fingerprint density at radius 2 is 1.67 bits per heavy atom. The summed E-state index contributed by atoms with van der Waals surface area (Å²) in [7, 11) is 1.99. The van der Waals surface area contributed by atoms with Gasteiger partial charge in [0.1, 0.15) is 6.17 Å². The van der Waals surface area contributed by atoms with Crippen LogP contribution in [0.3, 0.4) is 0 Å². The molecule has 0 aliphatic carbocycles. The number of nitrogens with zero attached hydrogens (tertiary/aromatic N) is 1. The van der Waals surface area contributed by atoms with Gasteiger partial charge in [-0.1, -0.05) is 36.4 Å². The number of hydrogen-bond donors (Lipinski definition) is 1. The highest BCUT2D eigenvalue weighted by molar-refractivity contribution is 5.99. The minimum Gasteiger partial charge on any atom is -0.351 e. The minimum absolute atomic E-state index is 0.00150. The molecule has 1 unspecified atom stereocenters. The van der Waals surface area contributed by atoms with Crippen molar-refractivity contribution in [3.05, 3.63) is 65.7 Å². The molecule has 3 nitrogen and oxygen atoms in total. The second kappa shape index (κ2) is 4.18. The third kappa shape index (κ3) is 1.64. The predicted octanol–water partition coefficient (Wildman–Crippen LogP) is 2.57. The molecule has 0 radical (unpaired) electrons. The molecule has 0 saturated carbocycles. The highest BCUT2D eigenvalue weighted by atomic mass is 16.2. The summed E-state index contributed by atoms with van der Waals surface area (Å²) in [6, 6.07) is 17.8. The number of carbonyl (C=O) groups is 1. The summed E-state index contributed by atoms with van der Waals surface area (Å²) in [5, 5.41) is 3.00. The maximum atomic E-state index is 11.9. The van der Waals surface area contributed by atoms with Gasteiger partial charge in [0.25, 0.3) is 5.91 Å². The molecule has 0 bridgehead atoms. The van der Waals surface area contributed by atoms with Crippen LogP contribution in [0.25, 0.3) is 0 Å². The van der Waals surface area contributed by atoms with Crippen molar-refractivity contribution in [3.63, 3.8) is 0 Å². The van der Waals surface area contributed by atoms with Crippen LogP contribution in [0.5, 0.6) is 0 Å². The molecule has 0 aromatic heterocycles. The van der Waals surface area contributed by atoms with Gasteiger partial charge < -0.3 is 10.2 Å². The highest BCUT2D eigenvalue weighted by Gasteiger charge is 2.30. The Balaban J connectivity index is 1.98. The number of benzene rings is 2. The Bertz CT molecular complexity index is 580. The van der Waals surface area contributed by atoms with Gasteiger partial charge in [0, 0.05) is 23.9 Å². The summed E-state index contributed by atoms with van der Waals surface area (Å²) < 4.78 is 0. The first-order valence-electron chi connectivity index (χ1n) is 5.95. The van der Waals surface area contributed by atoms with E-state index in [-0.39, 0.29) is 12.1 Å². The fourth-order valence-electron chi connectivity index (χ4n) is 2.34. The zero-order chi connectivity index (χ0) is 12.5. The lowest BCUT2D eigenvalue weighted by Crippen LogP contribution is -2.33. The van der Waals surface area contributed by atoms with E-state index >= 15 is 0 Å². The van der Waals surface area contributed by atoms with Crippen LogP contribution < -0.4 is 10.2 Å². The molecule has 1 aliphatic rings. The van der Waals surface area contributed by atoms with Crippen molar-refractivity contribution in [2.24, 2.45) is 0 Å². The first kappa shape index (κ1) is 10.8. The van der Waals surface area contributed by atoms with E-state index in [1.165, 1.54) is 0 Å². The Morgan fingerprint density at radius 1 is 1.00 bits per heavy atom. The van der Waals surface area contributed by atoms with Gasteiger partial charge in [-0.05, 0) is 18.2 Å². The maximum absolute atomic E-state index is 11.9. The fourth-order valence-corrected chi connectivity index (χ4v) is 2.34. The summed E-state index contributed by atoms with van der Waals surface area (Å²) >= 11 is 0. The van der Waals surface area contributed by atoms with Crippen molar-refractivity contribution in [1.29, 1.82) is 0 Å². The number of hydrogen-bond acceptors (Lipinski definition) is 2. The SMILES string of the molecule is CN(c1ccccc1)C1NC(=O)c2ccccc21. The van der Waals surface area contributed by atoms with Crippen molar-refractivity contribution >= 4 is 11.6 Å². The van der Waals surface area contributed by atoms with Gasteiger partial charge in [-0.2, -0.15) is 0 Å². The molecule has 3 heteroatoms. The van der Waals surface area contributed by atoms with Gasteiger partial charge in [0.15, 0.2) is 0 Å². The molecule has 2 aromatic carbocycles. The molecule has 3 rings (SSSR count). The van der Waals surface area contributed by atoms with Crippen molar-refractivity contribution in [3.8, 4) is 0 Å². The van der Waals surface area contributed by atoms with E-state index in [1.54, 1.807) is 0 Å². The zero-order valence-electron chi connectivity index (χ0n) is 10.1. The summed E-state index contributed by atoms with van der Waals surface area (Å²) in [6.07, 6.45) is -0.0869. The van der Waals surface area contributed by atoms with Crippen molar-refractivity contribution in [2.45, 2.75) is 6.17 Å². The fraction of sp³-hybridized carbons (Fsp3) is 0.133. The molecule has 1 aliphatic heterocycles. The van der Waals surface area contributed by atoms with Crippen molar-refractivity contribution in [2.75, 3.05) is 11.9 Å². The molecule has 1 N–H and O–H groups in total. The highest BCUT2D eigenvalue weighted by Crippen LogP contribution is 2.30. The summed E-state index contributed by atoms with van der Waals surface area (Å²) in [4.78, 5) is 13.9. The van der Waals surface area contributed by atoms with Crippen molar-refractivity contribution < 1.29 is 4.79 Å². The number of amides is 1. The Hall–Kier alpha value is -2.29. The maximum Gasteiger partial charge on any atom is 0.253 e. The number of rotatable bonds is 2. The average Bonchev–Trinajstić information content (AvgIpc) is 2.77. The van der Waals surface area contributed by atoms with Gasteiger partial charge in [0.2, 0.25) is 0 Å². The number of fused-ring (bicyclic) bond motifs is 1. The number of nitrogens with one attached hydrogen (secondary N) is 1. The largest absolute Gasteiger partial charge is 0.351 e. The van der Waals surface area contributed by atoms with Crippen LogP contribution in [0.1, 0.15) is 22.1 Å². The molecule has 0 spiro atoms. The quantitative estimate of drug-likeness (QED) is 0.872. The Labute approximate surface area is 106 Å². The third-order valence-corrected chi connectivity index (χ3v) is 3.32. The van der Waals surface area contributed by atoms with E-state index in [2.05, 4.69) is 10.2 Å². The van der Waals surface area contributed by atoms with Gasteiger partial charge in [-0.3, -0.25) is 4.79 Å². The van der Waals surface area contributed by atoms with Gasteiger partial charge in [-0.25, -0.2) is 0 Å². The number of anilines is 1. The molecule has 18 heavy (non-hydrogen) atoms. The van der Waals surface area contributed by atoms with Crippen LogP contribution in [0.15, 0.2) is 54.6 Å². The number of carbonyl (C=O) groups excluding carboxylic acids is 1. The van der Waals surface area contributed by atoms with E-state index in [1.807, 2.05) is 61.6 Å². The normalized spacial score (nSPS) is 17.2. The molecule has 0 fully saturated rings. The Kier molecular flexibility index (Phi) is 2.52.